The molecule has 0 fully saturated rings. The summed E-state index contributed by atoms with van der Waals surface area (Å²) in [6, 6.07) is 23.8. The van der Waals surface area contributed by atoms with E-state index in [1.165, 1.54) is 0 Å². The summed E-state index contributed by atoms with van der Waals surface area (Å²) in [4.78, 5) is 9.49. The molecule has 1 aromatic heterocycles. The highest BCUT2D eigenvalue weighted by molar-refractivity contribution is 9.10. The molecule has 0 amide bonds. The number of hydrogen-bond donors (Lipinski definition) is 1. The Morgan fingerprint density at radius 2 is 1.58 bits per heavy atom. The predicted molar refractivity (Wildman–Crippen MR) is 109 cm³/mol. The number of nitrogens with one attached hydrogen (secondary N) is 1. The number of benzene rings is 3. The van der Waals surface area contributed by atoms with Crippen molar-refractivity contribution in [3.8, 4) is 17.1 Å². The quantitative estimate of drug-likeness (QED) is 0.465. The van der Waals surface area contributed by atoms with Crippen molar-refractivity contribution < 1.29 is 4.74 Å². The maximum absolute atomic E-state index is 5.23. The summed E-state index contributed by atoms with van der Waals surface area (Å²) in [5, 5.41) is 4.39. The molecule has 5 heteroatoms. The van der Waals surface area contributed by atoms with Crippen molar-refractivity contribution in [2.24, 2.45) is 0 Å². The van der Waals surface area contributed by atoms with Gasteiger partial charge in [-0.1, -0.05) is 28.1 Å². The van der Waals surface area contributed by atoms with Crippen LogP contribution < -0.4 is 10.1 Å². The van der Waals surface area contributed by atoms with Crippen molar-refractivity contribution in [1.82, 2.24) is 9.97 Å². The van der Waals surface area contributed by atoms with Gasteiger partial charge in [-0.15, -0.1) is 0 Å². The van der Waals surface area contributed by atoms with Crippen molar-refractivity contribution in [2.45, 2.75) is 0 Å². The average Bonchev–Trinajstić information content (AvgIpc) is 2.69. The summed E-state index contributed by atoms with van der Waals surface area (Å²) in [7, 11) is 1.65. The molecule has 0 spiro atoms. The van der Waals surface area contributed by atoms with E-state index in [9.17, 15) is 0 Å². The number of aromatic nitrogens is 2. The first-order chi connectivity index (χ1) is 12.7. The number of para-hydroxylation sites is 1. The second-order valence-electron chi connectivity index (χ2n) is 5.77. The van der Waals surface area contributed by atoms with Gasteiger partial charge in [0, 0.05) is 21.1 Å². The number of fused-ring (bicyclic) bond motifs is 1. The first-order valence-electron chi connectivity index (χ1n) is 8.17. The number of hydrogen-bond acceptors (Lipinski definition) is 4. The smallest absolute Gasteiger partial charge is 0.162 e. The van der Waals surface area contributed by atoms with Crippen LogP contribution in [0, 0.1) is 0 Å². The zero-order valence-electron chi connectivity index (χ0n) is 14.1. The van der Waals surface area contributed by atoms with Crippen LogP contribution in [0.1, 0.15) is 0 Å². The van der Waals surface area contributed by atoms with E-state index in [1.54, 1.807) is 7.11 Å². The maximum Gasteiger partial charge on any atom is 0.162 e. The molecule has 0 unspecified atom stereocenters. The molecular formula is C21H16BrN3O. The topological polar surface area (TPSA) is 47.0 Å². The largest absolute Gasteiger partial charge is 0.497 e. The van der Waals surface area contributed by atoms with Gasteiger partial charge in [-0.05, 0) is 60.7 Å². The molecule has 0 saturated carbocycles. The zero-order chi connectivity index (χ0) is 17.9. The standard InChI is InChI=1S/C21H16BrN3O/c1-26-17-12-6-14(7-13-17)20-24-19-5-3-2-4-18(19)21(25-20)23-16-10-8-15(22)9-11-16/h2-13H,1H3,(H,23,24,25). The molecule has 4 nitrogen and oxygen atoms in total. The molecule has 4 aromatic rings. The molecular weight excluding hydrogens is 390 g/mol. The number of halogens is 1. The van der Waals surface area contributed by atoms with Gasteiger partial charge in [0.25, 0.3) is 0 Å². The summed E-state index contributed by atoms with van der Waals surface area (Å²) in [5.74, 6) is 2.26. The van der Waals surface area contributed by atoms with E-state index in [4.69, 9.17) is 14.7 Å². The minimum absolute atomic E-state index is 0.672. The van der Waals surface area contributed by atoms with Crippen molar-refractivity contribution in [1.29, 1.82) is 0 Å². The van der Waals surface area contributed by atoms with Crippen molar-refractivity contribution in [2.75, 3.05) is 12.4 Å². The highest BCUT2D eigenvalue weighted by Crippen LogP contribution is 2.28. The van der Waals surface area contributed by atoms with Crippen LogP contribution in [-0.4, -0.2) is 17.1 Å². The Kier molecular flexibility index (Phi) is 4.54. The van der Waals surface area contributed by atoms with E-state index in [2.05, 4.69) is 21.2 Å². The Balaban J connectivity index is 1.80. The summed E-state index contributed by atoms with van der Waals surface area (Å²) < 4.78 is 6.27. The minimum atomic E-state index is 0.672. The lowest BCUT2D eigenvalue weighted by molar-refractivity contribution is 0.415. The van der Waals surface area contributed by atoms with Crippen LogP contribution in [0.4, 0.5) is 11.5 Å². The number of methoxy groups -OCH3 is 1. The number of ether oxygens (including phenoxy) is 1. The summed E-state index contributed by atoms with van der Waals surface area (Å²) in [5.41, 5.74) is 2.81. The van der Waals surface area contributed by atoms with Gasteiger partial charge in [-0.3, -0.25) is 0 Å². The predicted octanol–water partition coefficient (Wildman–Crippen LogP) is 5.81. The van der Waals surface area contributed by atoms with Crippen LogP contribution in [-0.2, 0) is 0 Å². The van der Waals surface area contributed by atoms with E-state index >= 15 is 0 Å². The van der Waals surface area contributed by atoms with Gasteiger partial charge in [-0.25, -0.2) is 9.97 Å². The maximum atomic E-state index is 5.23. The lowest BCUT2D eigenvalue weighted by Crippen LogP contribution is -1.99. The van der Waals surface area contributed by atoms with Gasteiger partial charge in [0.2, 0.25) is 0 Å². The highest BCUT2D eigenvalue weighted by Gasteiger charge is 2.10. The third kappa shape index (κ3) is 3.39. The van der Waals surface area contributed by atoms with Crippen LogP contribution in [0.3, 0.4) is 0 Å². The molecule has 1 N–H and O–H groups in total. The van der Waals surface area contributed by atoms with Gasteiger partial charge < -0.3 is 10.1 Å². The molecule has 0 bridgehead atoms. The van der Waals surface area contributed by atoms with E-state index in [0.29, 0.717) is 5.82 Å². The van der Waals surface area contributed by atoms with Gasteiger partial charge >= 0.3 is 0 Å². The fourth-order valence-electron chi connectivity index (χ4n) is 2.71. The van der Waals surface area contributed by atoms with Gasteiger partial charge in [0.15, 0.2) is 5.82 Å². The van der Waals surface area contributed by atoms with Crippen LogP contribution >= 0.6 is 15.9 Å². The van der Waals surface area contributed by atoms with Crippen molar-refractivity contribution in [3.63, 3.8) is 0 Å². The van der Waals surface area contributed by atoms with Gasteiger partial charge in [0.1, 0.15) is 11.6 Å². The van der Waals surface area contributed by atoms with Crippen LogP contribution in [0.25, 0.3) is 22.3 Å². The molecule has 0 aliphatic carbocycles. The fraction of sp³-hybridized carbons (Fsp3) is 0.0476. The molecule has 128 valence electrons. The van der Waals surface area contributed by atoms with Crippen molar-refractivity contribution >= 4 is 38.3 Å². The number of anilines is 2. The lowest BCUT2D eigenvalue weighted by Gasteiger charge is -2.11. The molecule has 0 radical (unpaired) electrons. The van der Waals surface area contributed by atoms with E-state index < -0.39 is 0 Å². The number of rotatable bonds is 4. The van der Waals surface area contributed by atoms with E-state index in [1.807, 2.05) is 72.8 Å². The Labute approximate surface area is 160 Å². The third-order valence-corrected chi connectivity index (χ3v) is 4.59. The molecule has 4 rings (SSSR count). The summed E-state index contributed by atoms with van der Waals surface area (Å²) in [6.07, 6.45) is 0. The molecule has 1 heterocycles. The molecule has 0 atom stereocenters. The second kappa shape index (κ2) is 7.14. The van der Waals surface area contributed by atoms with E-state index in [0.717, 1.165) is 38.2 Å². The summed E-state index contributed by atoms with van der Waals surface area (Å²) >= 11 is 3.46. The lowest BCUT2D eigenvalue weighted by atomic mass is 10.1. The SMILES string of the molecule is COc1ccc(-c2nc(Nc3ccc(Br)cc3)c3ccccc3n2)cc1. The van der Waals surface area contributed by atoms with Crippen LogP contribution in [0.5, 0.6) is 5.75 Å². The zero-order valence-corrected chi connectivity index (χ0v) is 15.7. The highest BCUT2D eigenvalue weighted by atomic mass is 79.9. The Morgan fingerprint density at radius 3 is 2.31 bits per heavy atom. The monoisotopic (exact) mass is 405 g/mol. The van der Waals surface area contributed by atoms with Gasteiger partial charge in [-0.2, -0.15) is 0 Å². The molecule has 26 heavy (non-hydrogen) atoms. The number of nitrogens with zero attached hydrogens (tertiary/aromatic N) is 2. The van der Waals surface area contributed by atoms with Crippen molar-refractivity contribution in [3.05, 3.63) is 77.3 Å². The van der Waals surface area contributed by atoms with Gasteiger partial charge in [0.05, 0.1) is 12.6 Å². The fourth-order valence-corrected chi connectivity index (χ4v) is 2.98. The Morgan fingerprint density at radius 1 is 0.846 bits per heavy atom. The molecule has 3 aromatic carbocycles. The molecule has 0 aliphatic heterocycles. The van der Waals surface area contributed by atoms with E-state index in [-0.39, 0.29) is 0 Å². The first-order valence-corrected chi connectivity index (χ1v) is 8.96. The third-order valence-electron chi connectivity index (χ3n) is 4.06. The average molecular weight is 406 g/mol. The Bertz CT molecular complexity index is 1050. The summed E-state index contributed by atoms with van der Waals surface area (Å²) in [6.45, 7) is 0. The van der Waals surface area contributed by atoms with Crippen LogP contribution in [0.2, 0.25) is 0 Å². The van der Waals surface area contributed by atoms with Crippen LogP contribution in [0.15, 0.2) is 77.3 Å². The first kappa shape index (κ1) is 16.5. The Hall–Kier alpha value is -2.92. The second-order valence-corrected chi connectivity index (χ2v) is 6.69. The normalized spacial score (nSPS) is 10.7. The molecule has 0 aliphatic rings. The minimum Gasteiger partial charge on any atom is -0.497 e. The molecule has 0 saturated heterocycles.